The van der Waals surface area contributed by atoms with E-state index < -0.39 is 37.8 Å². The van der Waals surface area contributed by atoms with Gasteiger partial charge in [-0.1, -0.05) is 62.7 Å². The van der Waals surface area contributed by atoms with E-state index in [0.29, 0.717) is 11.5 Å². The number of ether oxygens (including phenoxy) is 2. The average molecular weight is 718 g/mol. The summed E-state index contributed by atoms with van der Waals surface area (Å²) in [6.07, 6.45) is 3.07. The number of esters is 2. The number of rotatable bonds is 7. The number of halogens is 2. The molecule has 2 aliphatic heterocycles. The van der Waals surface area contributed by atoms with E-state index >= 15 is 0 Å². The summed E-state index contributed by atoms with van der Waals surface area (Å²) >= 11 is 0. The summed E-state index contributed by atoms with van der Waals surface area (Å²) in [5.74, 6) is -0.846. The number of hydrogen-bond donors (Lipinski definition) is 3. The molecule has 1 fully saturated rings. The molecule has 2 heterocycles. The Kier molecular flexibility index (Phi) is 16.2. The van der Waals surface area contributed by atoms with Crippen molar-refractivity contribution in [3.05, 3.63) is 100 Å². The summed E-state index contributed by atoms with van der Waals surface area (Å²) < 4.78 is 47.2. The minimum absolute atomic E-state index is 0. The van der Waals surface area contributed by atoms with Gasteiger partial charge in [0.1, 0.15) is 34.3 Å². The quantitative estimate of drug-likeness (QED) is 0.195. The number of benzene rings is 3. The number of fused-ring (bicyclic) bond motifs is 4. The van der Waals surface area contributed by atoms with Crippen molar-refractivity contribution in [2.24, 2.45) is 5.92 Å². The Morgan fingerprint density at radius 3 is 2.02 bits per heavy atom. The van der Waals surface area contributed by atoms with Crippen LogP contribution in [0.15, 0.2) is 60.6 Å². The molecule has 1 saturated carbocycles. The van der Waals surface area contributed by atoms with E-state index in [-0.39, 0.29) is 80.7 Å². The molecular weight excluding hydrogens is 676 g/mol. The predicted octanol–water partition coefficient (Wildman–Crippen LogP) is 6.15. The number of carbonyl (C=O) groups excluding carboxylic acids is 2. The van der Waals surface area contributed by atoms with Crippen LogP contribution in [0.3, 0.4) is 0 Å². The third-order valence-electron chi connectivity index (χ3n) is 8.08. The van der Waals surface area contributed by atoms with Crippen LogP contribution in [0.5, 0.6) is 11.5 Å². The van der Waals surface area contributed by atoms with E-state index in [9.17, 15) is 33.5 Å². The van der Waals surface area contributed by atoms with Crippen molar-refractivity contribution in [1.82, 2.24) is 0 Å². The molecule has 6 rings (SSSR count). The maximum absolute atomic E-state index is 13.8. The Hall–Kier alpha value is -3.49. The fourth-order valence-corrected chi connectivity index (χ4v) is 5.26. The SMILES string of the molecule is CCOC(=O)c1c(F)ccc2c1OB(O)C=C2.CCOC(=O)c1c(F)ccc2c1OB(O)[C@@H]1C[C@H]21.CC[C@@H](C)[C@@H](O)c1ccccc1.S.S. The second kappa shape index (κ2) is 19.0. The van der Waals surface area contributed by atoms with Gasteiger partial charge in [-0.25, -0.2) is 18.4 Å². The fraction of sp³-hybridized carbons (Fsp3) is 0.353. The van der Waals surface area contributed by atoms with Gasteiger partial charge in [0, 0.05) is 11.4 Å². The van der Waals surface area contributed by atoms with Gasteiger partial charge in [0.2, 0.25) is 0 Å². The summed E-state index contributed by atoms with van der Waals surface area (Å²) in [5, 5.41) is 28.8. The molecule has 3 N–H and O–H groups in total. The number of aliphatic hydroxyl groups is 1. The molecule has 3 aromatic rings. The van der Waals surface area contributed by atoms with Crippen LogP contribution in [0.1, 0.15) is 90.0 Å². The van der Waals surface area contributed by atoms with Crippen LogP contribution in [0.25, 0.3) is 6.08 Å². The van der Waals surface area contributed by atoms with Gasteiger partial charge in [-0.15, -0.1) is 0 Å². The van der Waals surface area contributed by atoms with Gasteiger partial charge < -0.3 is 33.9 Å². The predicted molar refractivity (Wildman–Crippen MR) is 194 cm³/mol. The first kappa shape index (κ1) is 41.7. The fourth-order valence-electron chi connectivity index (χ4n) is 5.26. The van der Waals surface area contributed by atoms with Gasteiger partial charge in [-0.05, 0) is 67.4 Å². The first-order valence-corrected chi connectivity index (χ1v) is 15.6. The lowest BCUT2D eigenvalue weighted by atomic mass is 9.77. The van der Waals surface area contributed by atoms with E-state index in [1.807, 2.05) is 30.3 Å². The zero-order valence-electron chi connectivity index (χ0n) is 27.7. The first-order chi connectivity index (χ1) is 22.5. The van der Waals surface area contributed by atoms with Crippen LogP contribution in [0.2, 0.25) is 5.82 Å². The molecule has 49 heavy (non-hydrogen) atoms. The molecule has 264 valence electrons. The van der Waals surface area contributed by atoms with Crippen LogP contribution in [0, 0.1) is 17.6 Å². The van der Waals surface area contributed by atoms with Gasteiger partial charge in [0.05, 0.1) is 19.3 Å². The third kappa shape index (κ3) is 10.0. The zero-order chi connectivity index (χ0) is 34.2. The van der Waals surface area contributed by atoms with Crippen molar-refractivity contribution < 1.29 is 52.3 Å². The molecule has 1 aliphatic carbocycles. The van der Waals surface area contributed by atoms with Crippen molar-refractivity contribution in [3.8, 4) is 11.5 Å². The summed E-state index contributed by atoms with van der Waals surface area (Å²) in [6.45, 7) is 7.74. The molecule has 15 heteroatoms. The second-order valence-corrected chi connectivity index (χ2v) is 11.2. The van der Waals surface area contributed by atoms with Crippen LogP contribution in [-0.2, 0) is 9.47 Å². The molecule has 0 bridgehead atoms. The first-order valence-electron chi connectivity index (χ1n) is 15.6. The normalized spacial score (nSPS) is 17.1. The Bertz CT molecular complexity index is 1600. The van der Waals surface area contributed by atoms with Gasteiger partial charge in [0.25, 0.3) is 0 Å². The van der Waals surface area contributed by atoms with E-state index in [1.54, 1.807) is 26.0 Å². The highest BCUT2D eigenvalue weighted by molar-refractivity contribution is 7.59. The molecule has 3 aromatic carbocycles. The van der Waals surface area contributed by atoms with Crippen molar-refractivity contribution in [2.45, 2.75) is 58.4 Å². The van der Waals surface area contributed by atoms with Crippen LogP contribution < -0.4 is 9.31 Å². The lowest BCUT2D eigenvalue weighted by Crippen LogP contribution is -2.28. The number of carbonyl (C=O) groups is 2. The summed E-state index contributed by atoms with van der Waals surface area (Å²) in [5.41, 5.74) is 1.84. The van der Waals surface area contributed by atoms with E-state index in [2.05, 4.69) is 13.8 Å². The largest absolute Gasteiger partial charge is 0.552 e. The molecule has 0 aromatic heterocycles. The highest BCUT2D eigenvalue weighted by Crippen LogP contribution is 2.60. The van der Waals surface area contributed by atoms with Crippen molar-refractivity contribution in [2.75, 3.05) is 13.2 Å². The molecule has 0 spiro atoms. The lowest BCUT2D eigenvalue weighted by molar-refractivity contribution is 0.0507. The maximum atomic E-state index is 13.8. The number of hydrogen-bond acceptors (Lipinski definition) is 9. The molecule has 0 radical (unpaired) electrons. The smallest absolute Gasteiger partial charge is 0.535 e. The van der Waals surface area contributed by atoms with Crippen molar-refractivity contribution in [3.63, 3.8) is 0 Å². The Labute approximate surface area is 299 Å². The Morgan fingerprint density at radius 2 is 1.45 bits per heavy atom. The molecule has 9 nitrogen and oxygen atoms in total. The monoisotopic (exact) mass is 718 g/mol. The molecule has 0 unspecified atom stereocenters. The third-order valence-corrected chi connectivity index (χ3v) is 8.08. The Morgan fingerprint density at radius 1 is 0.878 bits per heavy atom. The van der Waals surface area contributed by atoms with E-state index in [0.717, 1.165) is 30.0 Å². The maximum Gasteiger partial charge on any atom is 0.552 e. The zero-order valence-corrected chi connectivity index (χ0v) is 29.7. The number of aliphatic hydroxyl groups excluding tert-OH is 1. The highest BCUT2D eigenvalue weighted by Gasteiger charge is 2.54. The minimum atomic E-state index is -1.18. The van der Waals surface area contributed by atoms with Crippen molar-refractivity contribution >= 4 is 59.2 Å². The van der Waals surface area contributed by atoms with Gasteiger partial charge in [0.15, 0.2) is 0 Å². The molecule has 0 saturated heterocycles. The summed E-state index contributed by atoms with van der Waals surface area (Å²) in [4.78, 5) is 23.3. The minimum Gasteiger partial charge on any atom is -0.535 e. The van der Waals surface area contributed by atoms with Gasteiger partial charge in [-0.2, -0.15) is 27.0 Å². The molecule has 3 aliphatic rings. The summed E-state index contributed by atoms with van der Waals surface area (Å²) in [6, 6.07) is 15.3. The second-order valence-electron chi connectivity index (χ2n) is 11.2. The van der Waals surface area contributed by atoms with Gasteiger partial charge in [-0.3, -0.25) is 0 Å². The van der Waals surface area contributed by atoms with Crippen molar-refractivity contribution in [1.29, 1.82) is 0 Å². The molecular formula is C34H42B2F2O9S2. The van der Waals surface area contributed by atoms with Crippen LogP contribution in [-0.4, -0.2) is 54.5 Å². The van der Waals surface area contributed by atoms with E-state index in [4.69, 9.17) is 18.8 Å². The molecule has 4 atom stereocenters. The van der Waals surface area contributed by atoms with Gasteiger partial charge >= 0.3 is 26.2 Å². The van der Waals surface area contributed by atoms with Crippen LogP contribution in [0.4, 0.5) is 8.78 Å². The topological polar surface area (TPSA) is 132 Å². The Balaban J connectivity index is 0.000000255. The molecule has 0 amide bonds. The standard InChI is InChI=1S/C12H12BFO4.C11H10BFO4.C11H16O.2H2S/c1-2-17-12(15)10-9(14)4-3-6-7-5-8(7)13(16)18-11(6)10;1-2-16-11(14)9-8(13)4-3-7-5-6-12(15)17-10(7)9;1-3-9(2)11(12)10-7-5-4-6-8-10;;/h3-4,7-8,16H,2,5H2,1H3;3-6,15H,2H2,1H3;4-9,11-12H,3H2,1-2H3;2*1H2/t7-,8-;;9-,11-;;/m1.1../s1. The average Bonchev–Trinajstić information content (AvgIpc) is 3.87. The van der Waals surface area contributed by atoms with Crippen LogP contribution >= 0.6 is 27.0 Å². The lowest BCUT2D eigenvalue weighted by Gasteiger charge is -2.21. The highest BCUT2D eigenvalue weighted by atomic mass is 32.1. The summed E-state index contributed by atoms with van der Waals surface area (Å²) in [7, 11) is -2.14. The van der Waals surface area contributed by atoms with E-state index in [1.165, 1.54) is 18.1 Å².